The molecule has 2 nitrogen and oxygen atoms in total. The van der Waals surface area contributed by atoms with Crippen LogP contribution in [0.4, 0.5) is 0 Å². The van der Waals surface area contributed by atoms with E-state index in [0.717, 1.165) is 22.8 Å². The maximum Gasteiger partial charge on any atom is 0.122 e. The van der Waals surface area contributed by atoms with Crippen molar-refractivity contribution in [3.8, 4) is 5.75 Å². The zero-order chi connectivity index (χ0) is 13.8. The highest BCUT2D eigenvalue weighted by molar-refractivity contribution is 7.10. The Morgan fingerprint density at radius 1 is 1.37 bits per heavy atom. The van der Waals surface area contributed by atoms with E-state index in [0.29, 0.717) is 0 Å². The minimum Gasteiger partial charge on any atom is -0.496 e. The topological polar surface area (TPSA) is 21.3 Å². The van der Waals surface area contributed by atoms with E-state index in [1.54, 1.807) is 18.4 Å². The van der Waals surface area contributed by atoms with Crippen molar-refractivity contribution in [2.45, 2.75) is 19.4 Å². The van der Waals surface area contributed by atoms with Gasteiger partial charge in [0.25, 0.3) is 0 Å². The van der Waals surface area contributed by atoms with Gasteiger partial charge < -0.3 is 10.1 Å². The van der Waals surface area contributed by atoms with Crippen LogP contribution in [0.2, 0.25) is 5.02 Å². The molecule has 0 saturated heterocycles. The molecule has 2 aromatic rings. The molecule has 1 aromatic carbocycles. The van der Waals surface area contributed by atoms with Crippen LogP contribution in [0.1, 0.15) is 22.0 Å². The van der Waals surface area contributed by atoms with Crippen LogP contribution in [0.25, 0.3) is 0 Å². The number of hydrogen-bond donors (Lipinski definition) is 1. The number of methoxy groups -OCH3 is 1. The largest absolute Gasteiger partial charge is 0.496 e. The highest BCUT2D eigenvalue weighted by Crippen LogP contribution is 2.31. The predicted molar refractivity (Wildman–Crippen MR) is 82.6 cm³/mol. The van der Waals surface area contributed by atoms with Crippen LogP contribution in [0.15, 0.2) is 29.6 Å². The van der Waals surface area contributed by atoms with Crippen molar-refractivity contribution in [2.24, 2.45) is 0 Å². The molecule has 1 aromatic heterocycles. The van der Waals surface area contributed by atoms with Gasteiger partial charge in [-0.05, 0) is 61.2 Å². The third-order valence-corrected chi connectivity index (χ3v) is 4.60. The first kappa shape index (κ1) is 14.4. The molecule has 19 heavy (non-hydrogen) atoms. The quantitative estimate of drug-likeness (QED) is 0.891. The summed E-state index contributed by atoms with van der Waals surface area (Å²) < 4.78 is 5.41. The fourth-order valence-electron chi connectivity index (χ4n) is 2.19. The number of nitrogens with one attached hydrogen (secondary N) is 1. The molecule has 0 aliphatic rings. The summed E-state index contributed by atoms with van der Waals surface area (Å²) in [6, 6.07) is 8.19. The zero-order valence-corrected chi connectivity index (χ0v) is 12.9. The second kappa shape index (κ2) is 6.42. The Labute approximate surface area is 123 Å². The van der Waals surface area contributed by atoms with Crippen molar-refractivity contribution in [3.63, 3.8) is 0 Å². The first-order valence-corrected chi connectivity index (χ1v) is 7.45. The molecule has 1 N–H and O–H groups in total. The molecule has 0 aliphatic heterocycles. The third kappa shape index (κ3) is 3.30. The van der Waals surface area contributed by atoms with Gasteiger partial charge in [0.2, 0.25) is 0 Å². The molecule has 1 heterocycles. The summed E-state index contributed by atoms with van der Waals surface area (Å²) in [6.45, 7) is 2.14. The Hall–Kier alpha value is -1.03. The van der Waals surface area contributed by atoms with E-state index in [1.165, 1.54) is 10.4 Å². The highest BCUT2D eigenvalue weighted by atomic mass is 35.5. The lowest BCUT2D eigenvalue weighted by molar-refractivity contribution is 0.406. The van der Waals surface area contributed by atoms with Crippen LogP contribution in [0.5, 0.6) is 5.75 Å². The van der Waals surface area contributed by atoms with Crippen LogP contribution in [-0.4, -0.2) is 14.2 Å². The van der Waals surface area contributed by atoms with E-state index in [1.807, 2.05) is 25.2 Å². The van der Waals surface area contributed by atoms with Gasteiger partial charge in [0.1, 0.15) is 5.75 Å². The molecule has 2 rings (SSSR count). The Balaban J connectivity index is 2.28. The van der Waals surface area contributed by atoms with Gasteiger partial charge in [0.05, 0.1) is 7.11 Å². The molecule has 0 amide bonds. The Kier molecular flexibility index (Phi) is 4.86. The van der Waals surface area contributed by atoms with Gasteiger partial charge in [0, 0.05) is 15.9 Å². The molecular weight excluding hydrogens is 278 g/mol. The van der Waals surface area contributed by atoms with E-state index in [-0.39, 0.29) is 6.04 Å². The minimum absolute atomic E-state index is 0.285. The van der Waals surface area contributed by atoms with E-state index < -0.39 is 0 Å². The SMILES string of the molecule is CNC(Cc1cc(Cl)ccc1OC)c1sccc1C. The van der Waals surface area contributed by atoms with Crippen molar-refractivity contribution < 1.29 is 4.74 Å². The molecular formula is C15H18ClNOS. The second-order valence-corrected chi connectivity index (χ2v) is 5.85. The van der Waals surface area contributed by atoms with E-state index in [9.17, 15) is 0 Å². The number of halogens is 1. The van der Waals surface area contributed by atoms with Crippen molar-refractivity contribution in [1.82, 2.24) is 5.32 Å². The van der Waals surface area contributed by atoms with E-state index in [2.05, 4.69) is 23.7 Å². The van der Waals surface area contributed by atoms with E-state index in [4.69, 9.17) is 16.3 Å². The summed E-state index contributed by atoms with van der Waals surface area (Å²) in [5, 5.41) is 6.25. The number of likely N-dealkylation sites (N-methyl/N-ethyl adjacent to an activating group) is 1. The molecule has 0 fully saturated rings. The van der Waals surface area contributed by atoms with Crippen LogP contribution >= 0.6 is 22.9 Å². The molecule has 102 valence electrons. The van der Waals surface area contributed by atoms with Crippen molar-refractivity contribution in [1.29, 1.82) is 0 Å². The van der Waals surface area contributed by atoms with Gasteiger partial charge in [-0.25, -0.2) is 0 Å². The van der Waals surface area contributed by atoms with Gasteiger partial charge in [-0.2, -0.15) is 0 Å². The number of rotatable bonds is 5. The summed E-state index contributed by atoms with van der Waals surface area (Å²) in [5.41, 5.74) is 2.45. The van der Waals surface area contributed by atoms with Crippen molar-refractivity contribution in [2.75, 3.05) is 14.2 Å². The lowest BCUT2D eigenvalue weighted by atomic mass is 10.0. The third-order valence-electron chi connectivity index (χ3n) is 3.23. The Bertz CT molecular complexity index is 553. The smallest absolute Gasteiger partial charge is 0.122 e. The van der Waals surface area contributed by atoms with Gasteiger partial charge in [-0.3, -0.25) is 0 Å². The number of benzene rings is 1. The lowest BCUT2D eigenvalue weighted by Crippen LogP contribution is -2.18. The fraction of sp³-hybridized carbons (Fsp3) is 0.333. The minimum atomic E-state index is 0.285. The molecule has 4 heteroatoms. The van der Waals surface area contributed by atoms with Crippen molar-refractivity contribution in [3.05, 3.63) is 50.7 Å². The number of aryl methyl sites for hydroxylation is 1. The molecule has 0 bridgehead atoms. The summed E-state index contributed by atoms with van der Waals surface area (Å²) >= 11 is 7.87. The monoisotopic (exact) mass is 295 g/mol. The van der Waals surface area contributed by atoms with E-state index >= 15 is 0 Å². The Morgan fingerprint density at radius 2 is 2.16 bits per heavy atom. The summed E-state index contributed by atoms with van der Waals surface area (Å²) in [7, 11) is 3.68. The van der Waals surface area contributed by atoms with Gasteiger partial charge in [-0.1, -0.05) is 11.6 Å². The van der Waals surface area contributed by atoms with Crippen LogP contribution < -0.4 is 10.1 Å². The van der Waals surface area contributed by atoms with Gasteiger partial charge in [-0.15, -0.1) is 11.3 Å². The lowest BCUT2D eigenvalue weighted by Gasteiger charge is -2.18. The molecule has 1 atom stereocenters. The van der Waals surface area contributed by atoms with Gasteiger partial charge in [0.15, 0.2) is 0 Å². The molecule has 0 spiro atoms. The standard InChI is InChI=1S/C15H18ClNOS/c1-10-6-7-19-15(10)13(17-2)9-11-8-12(16)4-5-14(11)18-3/h4-8,13,17H,9H2,1-3H3. The first-order chi connectivity index (χ1) is 9.15. The van der Waals surface area contributed by atoms with Crippen LogP contribution in [0, 0.1) is 6.92 Å². The van der Waals surface area contributed by atoms with Crippen LogP contribution in [-0.2, 0) is 6.42 Å². The molecule has 0 radical (unpaired) electrons. The van der Waals surface area contributed by atoms with Crippen molar-refractivity contribution >= 4 is 22.9 Å². The number of hydrogen-bond acceptors (Lipinski definition) is 3. The normalized spacial score (nSPS) is 12.4. The zero-order valence-electron chi connectivity index (χ0n) is 11.4. The maximum atomic E-state index is 6.08. The summed E-state index contributed by atoms with van der Waals surface area (Å²) in [5.74, 6) is 0.888. The summed E-state index contributed by atoms with van der Waals surface area (Å²) in [6.07, 6.45) is 0.863. The number of ether oxygens (including phenoxy) is 1. The highest BCUT2D eigenvalue weighted by Gasteiger charge is 2.16. The second-order valence-electron chi connectivity index (χ2n) is 4.47. The number of thiophene rings is 1. The average molecular weight is 296 g/mol. The van der Waals surface area contributed by atoms with Gasteiger partial charge >= 0.3 is 0 Å². The average Bonchev–Trinajstić information content (AvgIpc) is 2.82. The maximum absolute atomic E-state index is 6.08. The first-order valence-electron chi connectivity index (χ1n) is 6.19. The van der Waals surface area contributed by atoms with Crippen LogP contribution in [0.3, 0.4) is 0 Å². The fourth-order valence-corrected chi connectivity index (χ4v) is 3.43. The molecule has 0 aliphatic carbocycles. The Morgan fingerprint density at radius 3 is 2.74 bits per heavy atom. The summed E-state index contributed by atoms with van der Waals surface area (Å²) in [4.78, 5) is 1.37. The molecule has 0 saturated carbocycles. The molecule has 1 unspecified atom stereocenters. The predicted octanol–water partition coefficient (Wildman–Crippen LogP) is 4.22.